The van der Waals surface area contributed by atoms with Crippen LogP contribution in [0.15, 0.2) is 10.9 Å². The van der Waals surface area contributed by atoms with Gasteiger partial charge >= 0.3 is 0 Å². The highest BCUT2D eigenvalue weighted by molar-refractivity contribution is 5.30. The van der Waals surface area contributed by atoms with Crippen molar-refractivity contribution in [2.75, 3.05) is 0 Å². The van der Waals surface area contributed by atoms with Crippen molar-refractivity contribution in [1.29, 1.82) is 0 Å². The van der Waals surface area contributed by atoms with Crippen LogP contribution in [-0.4, -0.2) is 4.98 Å². The van der Waals surface area contributed by atoms with Crippen molar-refractivity contribution in [3.63, 3.8) is 0 Å². The fraction of sp³-hybridized carbons (Fsp3) is 0.545. The Morgan fingerprint density at radius 1 is 1.46 bits per heavy atom. The summed E-state index contributed by atoms with van der Waals surface area (Å²) in [6, 6.07) is 2.09. The van der Waals surface area contributed by atoms with E-state index in [9.17, 15) is 4.79 Å². The zero-order valence-electron chi connectivity index (χ0n) is 8.18. The van der Waals surface area contributed by atoms with Crippen LogP contribution >= 0.6 is 0 Å². The van der Waals surface area contributed by atoms with E-state index in [-0.39, 0.29) is 6.99 Å². The van der Waals surface area contributed by atoms with Gasteiger partial charge in [0.05, 0.1) is 0 Å². The number of H-pyrrole nitrogens is 1. The largest absolute Gasteiger partial charge is 0.326 e. The van der Waals surface area contributed by atoms with Crippen molar-refractivity contribution >= 4 is 0 Å². The lowest BCUT2D eigenvalue weighted by atomic mass is 10.0. The quantitative estimate of drug-likeness (QED) is 0.704. The third-order valence-electron chi connectivity index (χ3n) is 2.74. The Balaban J connectivity index is 0.000000980. The molecule has 2 nitrogen and oxygen atoms in total. The molecule has 1 aliphatic rings. The Kier molecular flexibility index (Phi) is 1.98. The highest BCUT2D eigenvalue weighted by Crippen LogP contribution is 2.21. The Morgan fingerprint density at radius 2 is 2.23 bits per heavy atom. The Morgan fingerprint density at radius 3 is 2.92 bits per heavy atom. The summed E-state index contributed by atoms with van der Waals surface area (Å²) < 4.78 is 0. The highest BCUT2D eigenvalue weighted by Gasteiger charge is 2.14. The summed E-state index contributed by atoms with van der Waals surface area (Å²) in [6.07, 6.45) is 3.36. The minimum atomic E-state index is 0. The molecule has 1 N–H and O–H groups in total. The highest BCUT2D eigenvalue weighted by atomic mass is 16.1. The third-order valence-corrected chi connectivity index (χ3v) is 2.74. The van der Waals surface area contributed by atoms with E-state index in [0.717, 1.165) is 24.1 Å². The predicted octanol–water partition coefficient (Wildman–Crippen LogP) is 2.23. The maximum atomic E-state index is 11.6. The lowest BCUT2D eigenvalue weighted by Gasteiger charge is -2.06. The number of fused-ring (bicyclic) bond motifs is 1. The van der Waals surface area contributed by atoms with Gasteiger partial charge in [-0.3, -0.25) is 4.79 Å². The molecule has 0 aliphatic heterocycles. The van der Waals surface area contributed by atoms with Crippen molar-refractivity contribution < 1.29 is 1.43 Å². The number of aryl methyl sites for hydroxylation is 2. The van der Waals surface area contributed by atoms with Crippen LogP contribution in [0.3, 0.4) is 0 Å². The monoisotopic (exact) mass is 179 g/mol. The molecule has 0 aromatic carbocycles. The zero-order chi connectivity index (χ0) is 9.42. The van der Waals surface area contributed by atoms with Gasteiger partial charge in [0, 0.05) is 12.7 Å². The first-order valence-corrected chi connectivity index (χ1v) is 4.93. The van der Waals surface area contributed by atoms with E-state index >= 15 is 0 Å². The first-order valence-electron chi connectivity index (χ1n) is 4.93. The molecule has 0 bridgehead atoms. The Labute approximate surface area is 79.5 Å². The second-order valence-corrected chi connectivity index (χ2v) is 4.07. The molecule has 1 heterocycles. The molecule has 1 aliphatic carbocycles. The van der Waals surface area contributed by atoms with Gasteiger partial charge in [-0.1, -0.05) is 13.8 Å². The predicted molar refractivity (Wildman–Crippen MR) is 55.3 cm³/mol. The van der Waals surface area contributed by atoms with Gasteiger partial charge in [0.2, 0.25) is 0 Å². The van der Waals surface area contributed by atoms with Gasteiger partial charge in [0.1, 0.15) is 0 Å². The maximum Gasteiger partial charge on any atom is 0.251 e. The van der Waals surface area contributed by atoms with E-state index in [1.165, 1.54) is 12.0 Å². The molecule has 13 heavy (non-hydrogen) atoms. The van der Waals surface area contributed by atoms with Gasteiger partial charge in [-0.05, 0) is 36.8 Å². The summed E-state index contributed by atoms with van der Waals surface area (Å²) in [5, 5.41) is 0. The van der Waals surface area contributed by atoms with E-state index < -0.39 is 0 Å². The van der Waals surface area contributed by atoms with E-state index in [0.29, 0.717) is 5.92 Å². The van der Waals surface area contributed by atoms with Crippen LogP contribution in [0.4, 0.5) is 0 Å². The van der Waals surface area contributed by atoms with Gasteiger partial charge in [0.15, 0.2) is 0 Å². The standard InChI is InChI=1S/C11H15NO.H2/c1-7(2)9-6-8-4-3-5-10(8)12-11(9)13;/h6-7H,3-5H2,1-2H3,(H,12,13);1H. The van der Waals surface area contributed by atoms with Crippen molar-refractivity contribution in [2.24, 2.45) is 0 Å². The maximum absolute atomic E-state index is 11.6. The van der Waals surface area contributed by atoms with Crippen molar-refractivity contribution in [3.8, 4) is 0 Å². The molecule has 0 unspecified atom stereocenters. The molecule has 1 aromatic heterocycles. The minimum Gasteiger partial charge on any atom is -0.326 e. The fourth-order valence-corrected chi connectivity index (χ4v) is 1.96. The molecular weight excluding hydrogens is 162 g/mol. The van der Waals surface area contributed by atoms with Crippen LogP contribution in [0.5, 0.6) is 0 Å². The average molecular weight is 179 g/mol. The molecule has 0 radical (unpaired) electrons. The number of nitrogens with one attached hydrogen (secondary N) is 1. The number of hydrogen-bond donors (Lipinski definition) is 1. The summed E-state index contributed by atoms with van der Waals surface area (Å²) in [5.41, 5.74) is 3.55. The molecule has 0 atom stereocenters. The topological polar surface area (TPSA) is 32.9 Å². The van der Waals surface area contributed by atoms with Gasteiger partial charge in [0.25, 0.3) is 5.56 Å². The summed E-state index contributed by atoms with van der Waals surface area (Å²) in [4.78, 5) is 14.5. The molecule has 2 rings (SSSR count). The summed E-state index contributed by atoms with van der Waals surface area (Å²) in [7, 11) is 0. The summed E-state index contributed by atoms with van der Waals surface area (Å²) >= 11 is 0. The molecular formula is C11H17NO. The van der Waals surface area contributed by atoms with Crippen LogP contribution < -0.4 is 5.56 Å². The molecule has 0 fully saturated rings. The number of hydrogen-bond acceptors (Lipinski definition) is 1. The zero-order valence-corrected chi connectivity index (χ0v) is 8.18. The van der Waals surface area contributed by atoms with E-state index in [1.54, 1.807) is 0 Å². The first kappa shape index (κ1) is 8.54. The molecule has 72 valence electrons. The van der Waals surface area contributed by atoms with Crippen LogP contribution in [0, 0.1) is 0 Å². The minimum absolute atomic E-state index is 0. The van der Waals surface area contributed by atoms with Crippen LogP contribution in [0.2, 0.25) is 0 Å². The number of aromatic amines is 1. The molecule has 0 saturated carbocycles. The van der Waals surface area contributed by atoms with Gasteiger partial charge < -0.3 is 4.98 Å². The molecule has 0 spiro atoms. The average Bonchev–Trinajstić information content (AvgIpc) is 2.48. The summed E-state index contributed by atoms with van der Waals surface area (Å²) in [6.45, 7) is 4.12. The number of rotatable bonds is 1. The van der Waals surface area contributed by atoms with E-state index in [4.69, 9.17) is 0 Å². The van der Waals surface area contributed by atoms with E-state index in [2.05, 4.69) is 24.9 Å². The van der Waals surface area contributed by atoms with Crippen LogP contribution in [-0.2, 0) is 12.8 Å². The first-order chi connectivity index (χ1) is 6.18. The third kappa shape index (κ3) is 1.41. The second-order valence-electron chi connectivity index (χ2n) is 4.07. The van der Waals surface area contributed by atoms with Crippen molar-refractivity contribution in [1.82, 2.24) is 4.98 Å². The summed E-state index contributed by atoms with van der Waals surface area (Å²) in [5.74, 6) is 0.328. The second kappa shape index (κ2) is 3.02. The molecule has 1 aromatic rings. The fourth-order valence-electron chi connectivity index (χ4n) is 1.96. The molecule has 0 saturated heterocycles. The van der Waals surface area contributed by atoms with Crippen molar-refractivity contribution in [3.05, 3.63) is 33.2 Å². The van der Waals surface area contributed by atoms with E-state index in [1.807, 2.05) is 0 Å². The smallest absolute Gasteiger partial charge is 0.251 e. The van der Waals surface area contributed by atoms with Gasteiger partial charge in [-0.25, -0.2) is 0 Å². The van der Waals surface area contributed by atoms with Gasteiger partial charge in [-0.2, -0.15) is 0 Å². The lowest BCUT2D eigenvalue weighted by molar-refractivity contribution is 0.835. The van der Waals surface area contributed by atoms with Crippen LogP contribution in [0.25, 0.3) is 0 Å². The Hall–Kier alpha value is -1.05. The van der Waals surface area contributed by atoms with Crippen LogP contribution in [0.1, 0.15) is 44.4 Å². The van der Waals surface area contributed by atoms with Crippen molar-refractivity contribution in [2.45, 2.75) is 39.0 Å². The number of pyridine rings is 1. The van der Waals surface area contributed by atoms with Gasteiger partial charge in [-0.15, -0.1) is 0 Å². The Bertz CT molecular complexity index is 381. The SMILES string of the molecule is CC(C)c1cc2c([nH]c1=O)CCC2.[HH]. The number of aromatic nitrogens is 1. The normalized spacial score (nSPS) is 15.0. The molecule has 2 heteroatoms. The lowest BCUT2D eigenvalue weighted by Crippen LogP contribution is -2.15. The molecule has 0 amide bonds.